The molecule has 1 N–H and O–H groups in total. The second-order valence-electron chi connectivity index (χ2n) is 6.40. The molecule has 3 aromatic rings. The zero-order valence-corrected chi connectivity index (χ0v) is 15.2. The second kappa shape index (κ2) is 7.87. The highest BCUT2D eigenvalue weighted by Crippen LogP contribution is 2.22. The van der Waals surface area contributed by atoms with Crippen molar-refractivity contribution in [3.63, 3.8) is 0 Å². The van der Waals surface area contributed by atoms with Crippen molar-refractivity contribution in [3.8, 4) is 16.9 Å². The molecule has 0 amide bonds. The summed E-state index contributed by atoms with van der Waals surface area (Å²) in [6.45, 7) is 3.52. The van der Waals surface area contributed by atoms with E-state index in [9.17, 15) is 14.7 Å². The van der Waals surface area contributed by atoms with E-state index in [0.29, 0.717) is 11.1 Å². The van der Waals surface area contributed by atoms with Crippen molar-refractivity contribution >= 4 is 11.8 Å². The van der Waals surface area contributed by atoms with E-state index < -0.39 is 12.1 Å². The van der Waals surface area contributed by atoms with Gasteiger partial charge in [-0.15, -0.1) is 0 Å². The first-order valence-electron chi connectivity index (χ1n) is 8.65. The van der Waals surface area contributed by atoms with Crippen LogP contribution in [-0.2, 0) is 4.74 Å². The van der Waals surface area contributed by atoms with E-state index >= 15 is 0 Å². The molecule has 0 unspecified atom stereocenters. The molecule has 1 atom stereocenters. The molecule has 0 fully saturated rings. The summed E-state index contributed by atoms with van der Waals surface area (Å²) in [7, 11) is 0. The predicted molar refractivity (Wildman–Crippen MR) is 104 cm³/mol. The van der Waals surface area contributed by atoms with Gasteiger partial charge in [0.15, 0.2) is 6.10 Å². The van der Waals surface area contributed by atoms with Crippen molar-refractivity contribution in [2.45, 2.75) is 20.0 Å². The minimum Gasteiger partial charge on any atom is -0.508 e. The van der Waals surface area contributed by atoms with E-state index in [1.807, 2.05) is 19.1 Å². The lowest BCUT2D eigenvalue weighted by molar-refractivity contribution is 0.0319. The van der Waals surface area contributed by atoms with E-state index in [1.165, 1.54) is 0 Å². The highest BCUT2D eigenvalue weighted by molar-refractivity contribution is 6.01. The first-order chi connectivity index (χ1) is 12.9. The van der Waals surface area contributed by atoms with Gasteiger partial charge in [-0.05, 0) is 49.2 Å². The molecule has 0 saturated heterocycles. The third-order valence-electron chi connectivity index (χ3n) is 4.31. The first kappa shape index (κ1) is 18.4. The Hall–Kier alpha value is -3.40. The van der Waals surface area contributed by atoms with Crippen LogP contribution < -0.4 is 0 Å². The summed E-state index contributed by atoms with van der Waals surface area (Å²) in [5.41, 5.74) is 3.79. The molecular weight excluding hydrogens is 340 g/mol. The number of ketones is 1. The molecule has 0 aliphatic heterocycles. The van der Waals surface area contributed by atoms with Crippen LogP contribution >= 0.6 is 0 Å². The monoisotopic (exact) mass is 360 g/mol. The number of hydrogen-bond donors (Lipinski definition) is 1. The largest absolute Gasteiger partial charge is 0.508 e. The Kier molecular flexibility index (Phi) is 5.36. The quantitative estimate of drug-likeness (QED) is 0.524. The van der Waals surface area contributed by atoms with Gasteiger partial charge in [-0.1, -0.05) is 54.1 Å². The van der Waals surface area contributed by atoms with Gasteiger partial charge < -0.3 is 9.84 Å². The highest BCUT2D eigenvalue weighted by atomic mass is 16.5. The Morgan fingerprint density at radius 2 is 1.26 bits per heavy atom. The SMILES string of the molecule is Cc1ccc(C(=O)[C@@H](C)OC(=O)c2ccc(-c3ccc(O)cc3)cc2)cc1. The summed E-state index contributed by atoms with van der Waals surface area (Å²) in [4.78, 5) is 24.7. The highest BCUT2D eigenvalue weighted by Gasteiger charge is 2.20. The van der Waals surface area contributed by atoms with Crippen LogP contribution in [-0.4, -0.2) is 23.0 Å². The number of rotatable bonds is 5. The van der Waals surface area contributed by atoms with Gasteiger partial charge in [0.2, 0.25) is 5.78 Å². The summed E-state index contributed by atoms with van der Waals surface area (Å²) >= 11 is 0. The lowest BCUT2D eigenvalue weighted by Gasteiger charge is -2.13. The number of carbonyl (C=O) groups excluding carboxylic acids is 2. The van der Waals surface area contributed by atoms with Crippen LogP contribution in [0.5, 0.6) is 5.75 Å². The zero-order chi connectivity index (χ0) is 19.4. The maximum absolute atomic E-state index is 12.4. The van der Waals surface area contributed by atoms with Gasteiger partial charge in [0.05, 0.1) is 5.56 Å². The molecule has 136 valence electrons. The second-order valence-corrected chi connectivity index (χ2v) is 6.40. The summed E-state index contributed by atoms with van der Waals surface area (Å²) in [6.07, 6.45) is -0.864. The molecule has 0 radical (unpaired) electrons. The van der Waals surface area contributed by atoms with Gasteiger partial charge >= 0.3 is 5.97 Å². The van der Waals surface area contributed by atoms with E-state index in [1.54, 1.807) is 67.6 Å². The van der Waals surface area contributed by atoms with E-state index in [4.69, 9.17) is 4.74 Å². The van der Waals surface area contributed by atoms with Crippen molar-refractivity contribution < 1.29 is 19.4 Å². The van der Waals surface area contributed by atoms with Gasteiger partial charge in [-0.3, -0.25) is 4.79 Å². The van der Waals surface area contributed by atoms with Crippen molar-refractivity contribution in [1.29, 1.82) is 0 Å². The Morgan fingerprint density at radius 3 is 1.81 bits per heavy atom. The number of ether oxygens (including phenoxy) is 1. The van der Waals surface area contributed by atoms with Crippen molar-refractivity contribution in [2.24, 2.45) is 0 Å². The van der Waals surface area contributed by atoms with Crippen LogP contribution in [0.4, 0.5) is 0 Å². The number of phenolic OH excluding ortho intramolecular Hbond substituents is 1. The molecule has 4 heteroatoms. The number of benzene rings is 3. The molecule has 0 aliphatic carbocycles. The number of aromatic hydroxyl groups is 1. The van der Waals surface area contributed by atoms with Crippen LogP contribution in [0.1, 0.15) is 33.2 Å². The maximum Gasteiger partial charge on any atom is 0.338 e. The molecule has 3 aromatic carbocycles. The minimum atomic E-state index is -0.864. The summed E-state index contributed by atoms with van der Waals surface area (Å²) in [5.74, 6) is -0.574. The van der Waals surface area contributed by atoms with Crippen molar-refractivity contribution in [1.82, 2.24) is 0 Å². The van der Waals surface area contributed by atoms with Gasteiger partial charge in [0, 0.05) is 5.56 Å². The lowest BCUT2D eigenvalue weighted by Crippen LogP contribution is -2.24. The first-order valence-corrected chi connectivity index (χ1v) is 8.65. The minimum absolute atomic E-state index is 0.200. The summed E-state index contributed by atoms with van der Waals surface area (Å²) in [5, 5.41) is 9.36. The smallest absolute Gasteiger partial charge is 0.338 e. The predicted octanol–water partition coefficient (Wildman–Crippen LogP) is 4.80. The maximum atomic E-state index is 12.4. The van der Waals surface area contributed by atoms with E-state index in [0.717, 1.165) is 16.7 Å². The fourth-order valence-corrected chi connectivity index (χ4v) is 2.69. The normalized spacial score (nSPS) is 11.6. The molecule has 0 saturated carbocycles. The van der Waals surface area contributed by atoms with Gasteiger partial charge in [-0.2, -0.15) is 0 Å². The molecule has 3 rings (SSSR count). The summed E-state index contributed by atoms with van der Waals surface area (Å²) < 4.78 is 5.32. The fourth-order valence-electron chi connectivity index (χ4n) is 2.69. The van der Waals surface area contributed by atoms with Crippen LogP contribution in [0.25, 0.3) is 11.1 Å². The zero-order valence-electron chi connectivity index (χ0n) is 15.2. The van der Waals surface area contributed by atoms with Crippen LogP contribution in [0.3, 0.4) is 0 Å². The number of carbonyl (C=O) groups is 2. The number of aryl methyl sites for hydroxylation is 1. The van der Waals surface area contributed by atoms with Crippen LogP contribution in [0.15, 0.2) is 72.8 Å². The fraction of sp³-hybridized carbons (Fsp3) is 0.130. The van der Waals surface area contributed by atoms with Gasteiger partial charge in [0.1, 0.15) is 5.75 Å². The number of Topliss-reactive ketones (excluding diaryl/α,β-unsaturated/α-hetero) is 1. The van der Waals surface area contributed by atoms with Crippen LogP contribution in [0, 0.1) is 6.92 Å². The molecule has 0 heterocycles. The van der Waals surface area contributed by atoms with Gasteiger partial charge in [0.25, 0.3) is 0 Å². The number of hydrogen-bond acceptors (Lipinski definition) is 4. The van der Waals surface area contributed by atoms with E-state index in [-0.39, 0.29) is 11.5 Å². The van der Waals surface area contributed by atoms with E-state index in [2.05, 4.69) is 0 Å². The molecule has 0 aliphatic rings. The van der Waals surface area contributed by atoms with Crippen LogP contribution in [0.2, 0.25) is 0 Å². The Morgan fingerprint density at radius 1 is 0.778 bits per heavy atom. The lowest BCUT2D eigenvalue weighted by atomic mass is 10.0. The molecule has 0 aromatic heterocycles. The number of phenols is 1. The third-order valence-corrected chi connectivity index (χ3v) is 4.31. The molecule has 0 bridgehead atoms. The topological polar surface area (TPSA) is 63.6 Å². The van der Waals surface area contributed by atoms with Crippen molar-refractivity contribution in [2.75, 3.05) is 0 Å². The molecular formula is C23H20O4. The Balaban J connectivity index is 1.67. The molecule has 4 nitrogen and oxygen atoms in total. The molecule has 27 heavy (non-hydrogen) atoms. The molecule has 0 spiro atoms. The third kappa shape index (κ3) is 4.42. The van der Waals surface area contributed by atoms with Crippen molar-refractivity contribution in [3.05, 3.63) is 89.5 Å². The average molecular weight is 360 g/mol. The standard InChI is InChI=1S/C23H20O4/c1-15-3-5-19(6-4-15)22(25)16(2)27-23(26)20-9-7-17(8-10-20)18-11-13-21(24)14-12-18/h3-14,16,24H,1-2H3/t16-/m1/s1. The van der Waals surface area contributed by atoms with Gasteiger partial charge in [-0.25, -0.2) is 4.79 Å². The Bertz CT molecular complexity index is 939. The number of esters is 1. The Labute approximate surface area is 158 Å². The average Bonchev–Trinajstić information content (AvgIpc) is 2.68. The summed E-state index contributed by atoms with van der Waals surface area (Å²) in [6, 6.07) is 20.9.